The van der Waals surface area contributed by atoms with E-state index in [0.29, 0.717) is 18.2 Å². The molecule has 0 fully saturated rings. The second kappa shape index (κ2) is 6.47. The number of halogens is 1. The Morgan fingerprint density at radius 2 is 2.06 bits per heavy atom. The Morgan fingerprint density at radius 1 is 1.41 bits per heavy atom. The maximum Gasteiger partial charge on any atom is 0.0785 e. The van der Waals surface area contributed by atoms with Gasteiger partial charge in [-0.05, 0) is 18.1 Å². The zero-order chi connectivity index (χ0) is 12.9. The van der Waals surface area contributed by atoms with E-state index in [0.717, 1.165) is 16.5 Å². The summed E-state index contributed by atoms with van der Waals surface area (Å²) in [6.45, 7) is 5.34. The highest BCUT2D eigenvalue weighted by molar-refractivity contribution is 9.10. The molecule has 17 heavy (non-hydrogen) atoms. The van der Waals surface area contributed by atoms with Gasteiger partial charge in [-0.25, -0.2) is 0 Å². The second-order valence-electron chi connectivity index (χ2n) is 4.64. The summed E-state index contributed by atoms with van der Waals surface area (Å²) < 4.78 is 6.72. The number of hydrogen-bond donors (Lipinski definition) is 1. The lowest BCUT2D eigenvalue weighted by Crippen LogP contribution is -2.30. The van der Waals surface area contributed by atoms with Crippen LogP contribution in [0.5, 0.6) is 0 Å². The molecule has 0 aliphatic rings. The topological polar surface area (TPSA) is 35.2 Å². The first-order valence-electron chi connectivity index (χ1n) is 5.54. The van der Waals surface area contributed by atoms with E-state index >= 15 is 0 Å². The van der Waals surface area contributed by atoms with Crippen molar-refractivity contribution in [3.8, 4) is 0 Å². The smallest absolute Gasteiger partial charge is 0.0785 e. The van der Waals surface area contributed by atoms with Crippen LogP contribution in [0.3, 0.4) is 0 Å². The van der Waals surface area contributed by atoms with E-state index in [4.69, 9.17) is 22.7 Å². The van der Waals surface area contributed by atoms with Gasteiger partial charge in [0.15, 0.2) is 0 Å². The average Bonchev–Trinajstić information content (AvgIpc) is 2.26. The predicted molar refractivity (Wildman–Crippen MR) is 79.0 cm³/mol. The Kier molecular flexibility index (Phi) is 5.56. The molecule has 0 aliphatic carbocycles. The van der Waals surface area contributed by atoms with Crippen LogP contribution in [0.25, 0.3) is 0 Å². The molecule has 4 heteroatoms. The highest BCUT2D eigenvalue weighted by atomic mass is 79.9. The Morgan fingerprint density at radius 3 is 2.65 bits per heavy atom. The summed E-state index contributed by atoms with van der Waals surface area (Å²) in [5.74, 6) is 0. The molecule has 94 valence electrons. The first-order valence-corrected chi connectivity index (χ1v) is 6.74. The van der Waals surface area contributed by atoms with Crippen molar-refractivity contribution < 1.29 is 4.74 Å². The number of thiocarbonyl (C=S) groups is 1. The quantitative estimate of drug-likeness (QED) is 0.642. The van der Waals surface area contributed by atoms with Crippen LogP contribution >= 0.6 is 28.1 Å². The van der Waals surface area contributed by atoms with Crippen LogP contribution in [0.15, 0.2) is 28.7 Å². The van der Waals surface area contributed by atoms with E-state index in [1.165, 1.54) is 0 Å². The minimum atomic E-state index is -0.136. The van der Waals surface area contributed by atoms with Crippen LogP contribution in [0.1, 0.15) is 25.8 Å². The van der Waals surface area contributed by atoms with Gasteiger partial charge in [0.2, 0.25) is 0 Å². The highest BCUT2D eigenvalue weighted by Gasteiger charge is 2.20. The molecule has 0 amide bonds. The highest BCUT2D eigenvalue weighted by Crippen LogP contribution is 2.21. The summed E-state index contributed by atoms with van der Waals surface area (Å²) in [6, 6.07) is 8.05. The zero-order valence-corrected chi connectivity index (χ0v) is 12.6. The summed E-state index contributed by atoms with van der Waals surface area (Å²) in [5, 5.41) is 0. The molecule has 2 N–H and O–H groups in total. The maximum atomic E-state index is 5.66. The van der Waals surface area contributed by atoms with Crippen molar-refractivity contribution in [3.05, 3.63) is 34.3 Å². The molecule has 0 atom stereocenters. The van der Waals surface area contributed by atoms with E-state index in [1.54, 1.807) is 0 Å². The molecule has 0 saturated carbocycles. The molecule has 2 nitrogen and oxygen atoms in total. The molecule has 0 radical (unpaired) electrons. The fraction of sp³-hybridized carbons (Fsp3) is 0.462. The van der Waals surface area contributed by atoms with Gasteiger partial charge in [-0.1, -0.05) is 60.2 Å². The van der Waals surface area contributed by atoms with Gasteiger partial charge in [-0.3, -0.25) is 0 Å². The van der Waals surface area contributed by atoms with Crippen molar-refractivity contribution in [2.24, 2.45) is 11.1 Å². The lowest BCUT2D eigenvalue weighted by Gasteiger charge is -2.22. The number of ether oxygens (including phenoxy) is 1. The first-order chi connectivity index (χ1) is 7.93. The molecule has 0 aliphatic heterocycles. The van der Waals surface area contributed by atoms with Crippen molar-refractivity contribution in [1.29, 1.82) is 0 Å². The Labute approximate surface area is 117 Å². The fourth-order valence-electron chi connectivity index (χ4n) is 1.25. The van der Waals surface area contributed by atoms with Gasteiger partial charge in [0.1, 0.15) is 0 Å². The first kappa shape index (κ1) is 14.6. The predicted octanol–water partition coefficient (Wildman–Crippen LogP) is 3.67. The van der Waals surface area contributed by atoms with Crippen molar-refractivity contribution in [2.75, 3.05) is 6.61 Å². The van der Waals surface area contributed by atoms with E-state index in [9.17, 15) is 0 Å². The SMILES string of the molecule is CC(C)(CCOCc1ccccc1Br)C(N)=S. The Bertz CT molecular complexity index is 393. The van der Waals surface area contributed by atoms with Gasteiger partial charge in [-0.2, -0.15) is 0 Å². The van der Waals surface area contributed by atoms with Gasteiger partial charge in [-0.15, -0.1) is 0 Å². The largest absolute Gasteiger partial charge is 0.393 e. The Hall–Kier alpha value is -0.450. The van der Waals surface area contributed by atoms with Gasteiger partial charge >= 0.3 is 0 Å². The van der Waals surface area contributed by atoms with E-state index in [-0.39, 0.29) is 5.41 Å². The lowest BCUT2D eigenvalue weighted by atomic mass is 9.90. The van der Waals surface area contributed by atoms with Gasteiger partial charge < -0.3 is 10.5 Å². The van der Waals surface area contributed by atoms with Crippen LogP contribution in [0.4, 0.5) is 0 Å². The average molecular weight is 316 g/mol. The zero-order valence-electron chi connectivity index (χ0n) is 10.2. The van der Waals surface area contributed by atoms with E-state index in [2.05, 4.69) is 15.9 Å². The number of nitrogens with two attached hydrogens (primary N) is 1. The summed E-state index contributed by atoms with van der Waals surface area (Å²) in [7, 11) is 0. The van der Waals surface area contributed by atoms with Crippen molar-refractivity contribution >= 4 is 33.1 Å². The normalized spacial score (nSPS) is 11.5. The maximum absolute atomic E-state index is 5.66. The molecule has 0 heterocycles. The van der Waals surface area contributed by atoms with Crippen molar-refractivity contribution in [1.82, 2.24) is 0 Å². The molecule has 0 spiro atoms. The van der Waals surface area contributed by atoms with Crippen LogP contribution in [0.2, 0.25) is 0 Å². The molecule has 0 bridgehead atoms. The third-order valence-electron chi connectivity index (χ3n) is 2.75. The van der Waals surface area contributed by atoms with Gasteiger partial charge in [0, 0.05) is 16.5 Å². The monoisotopic (exact) mass is 315 g/mol. The van der Waals surface area contributed by atoms with Crippen LogP contribution in [-0.2, 0) is 11.3 Å². The second-order valence-corrected chi connectivity index (χ2v) is 5.94. The van der Waals surface area contributed by atoms with Crippen molar-refractivity contribution in [2.45, 2.75) is 26.9 Å². The molecule has 0 unspecified atom stereocenters. The summed E-state index contributed by atoms with van der Waals surface area (Å²) in [6.07, 6.45) is 0.840. The third kappa shape index (κ3) is 4.74. The van der Waals surface area contributed by atoms with Crippen LogP contribution in [-0.4, -0.2) is 11.6 Å². The molecule has 1 aromatic carbocycles. The molecule has 1 rings (SSSR count). The number of benzene rings is 1. The van der Waals surface area contributed by atoms with Crippen LogP contribution in [0, 0.1) is 5.41 Å². The summed E-state index contributed by atoms with van der Waals surface area (Å²) in [5.41, 5.74) is 6.67. The molecule has 0 aromatic heterocycles. The molecular weight excluding hydrogens is 298 g/mol. The lowest BCUT2D eigenvalue weighted by molar-refractivity contribution is 0.104. The molecule has 0 saturated heterocycles. The van der Waals surface area contributed by atoms with E-state index < -0.39 is 0 Å². The van der Waals surface area contributed by atoms with Gasteiger partial charge in [0.25, 0.3) is 0 Å². The minimum Gasteiger partial charge on any atom is -0.393 e. The summed E-state index contributed by atoms with van der Waals surface area (Å²) >= 11 is 8.50. The van der Waals surface area contributed by atoms with E-state index in [1.807, 2.05) is 38.1 Å². The standard InChI is InChI=1S/C13H18BrNOS/c1-13(2,12(15)17)7-8-16-9-10-5-3-4-6-11(10)14/h3-6H,7-9H2,1-2H3,(H2,15,17). The third-order valence-corrected chi connectivity index (χ3v) is 4.08. The minimum absolute atomic E-state index is 0.136. The Balaban J connectivity index is 2.35. The molecule has 1 aromatic rings. The summed E-state index contributed by atoms with van der Waals surface area (Å²) in [4.78, 5) is 0.544. The van der Waals surface area contributed by atoms with Crippen LogP contribution < -0.4 is 5.73 Å². The van der Waals surface area contributed by atoms with Crippen molar-refractivity contribution in [3.63, 3.8) is 0 Å². The fourth-order valence-corrected chi connectivity index (χ4v) is 1.75. The molecular formula is C13H18BrNOS. The van der Waals surface area contributed by atoms with Gasteiger partial charge in [0.05, 0.1) is 11.6 Å². The number of hydrogen-bond acceptors (Lipinski definition) is 2. The number of rotatable bonds is 6.